The van der Waals surface area contributed by atoms with Crippen LogP contribution in [0.3, 0.4) is 0 Å². The van der Waals surface area contributed by atoms with E-state index >= 15 is 0 Å². The molecule has 5 nitrogen and oxygen atoms in total. The average Bonchev–Trinajstić information content (AvgIpc) is 2.54. The number of fused-ring (bicyclic) bond motifs is 1. The first-order chi connectivity index (χ1) is 11.4. The number of hydrogen-bond donors (Lipinski definition) is 4. The van der Waals surface area contributed by atoms with Crippen molar-refractivity contribution in [3.05, 3.63) is 12.7 Å². The third kappa shape index (κ3) is 2.71. The van der Waals surface area contributed by atoms with Gasteiger partial charge in [-0.1, -0.05) is 40.7 Å². The van der Waals surface area contributed by atoms with Gasteiger partial charge < -0.3 is 20.4 Å². The van der Waals surface area contributed by atoms with Crippen LogP contribution in [0, 0.1) is 28.6 Å². The molecule has 2 aliphatic rings. The molecule has 0 unspecified atom stereocenters. The molecule has 0 bridgehead atoms. The minimum absolute atomic E-state index is 0.0859. The molecule has 2 fully saturated rings. The minimum atomic E-state index is -1.91. The normalized spacial score (nSPS) is 47.6. The first-order valence-electron chi connectivity index (χ1n) is 9.28. The second-order valence-corrected chi connectivity index (χ2v) is 9.18. The highest BCUT2D eigenvalue weighted by atomic mass is 16.3. The molecule has 0 aromatic heterocycles. The van der Waals surface area contributed by atoms with Gasteiger partial charge in [0.25, 0.3) is 0 Å². The van der Waals surface area contributed by atoms with Crippen LogP contribution < -0.4 is 0 Å². The van der Waals surface area contributed by atoms with E-state index < -0.39 is 52.4 Å². The van der Waals surface area contributed by atoms with Gasteiger partial charge in [0.05, 0.1) is 18.3 Å². The average molecular weight is 354 g/mol. The molecule has 0 aromatic carbocycles. The van der Waals surface area contributed by atoms with Crippen LogP contribution in [0.2, 0.25) is 0 Å². The quantitative estimate of drug-likeness (QED) is 0.576. The second-order valence-electron chi connectivity index (χ2n) is 9.18. The predicted octanol–water partition coefficient (Wildman–Crippen LogP) is 1.67. The lowest BCUT2D eigenvalue weighted by Crippen LogP contribution is -2.76. The van der Waals surface area contributed by atoms with E-state index in [-0.39, 0.29) is 12.3 Å². The highest BCUT2D eigenvalue weighted by molar-refractivity contribution is 5.89. The highest BCUT2D eigenvalue weighted by Gasteiger charge is 2.72. The molecule has 0 radical (unpaired) electrons. The van der Waals surface area contributed by atoms with Crippen molar-refractivity contribution < 1.29 is 25.2 Å². The first-order valence-corrected chi connectivity index (χ1v) is 9.28. The fourth-order valence-corrected chi connectivity index (χ4v) is 5.61. The fraction of sp³-hybridized carbons (Fsp3) is 0.850. The second kappa shape index (κ2) is 6.45. The van der Waals surface area contributed by atoms with Crippen LogP contribution in [-0.4, -0.2) is 50.1 Å². The van der Waals surface area contributed by atoms with E-state index in [1.165, 1.54) is 0 Å². The molecule has 0 saturated heterocycles. The number of ketones is 1. The van der Waals surface area contributed by atoms with E-state index in [0.717, 1.165) is 0 Å². The van der Waals surface area contributed by atoms with Crippen LogP contribution in [0.1, 0.15) is 53.9 Å². The van der Waals surface area contributed by atoms with Crippen molar-refractivity contribution in [1.29, 1.82) is 0 Å². The van der Waals surface area contributed by atoms with Crippen molar-refractivity contribution in [3.8, 4) is 0 Å². The molecule has 2 saturated carbocycles. The van der Waals surface area contributed by atoms with Crippen molar-refractivity contribution in [2.24, 2.45) is 28.6 Å². The lowest BCUT2D eigenvalue weighted by molar-refractivity contribution is -0.292. The lowest BCUT2D eigenvalue weighted by Gasteiger charge is -2.66. The van der Waals surface area contributed by atoms with Crippen LogP contribution >= 0.6 is 0 Å². The molecule has 144 valence electrons. The highest BCUT2D eigenvalue weighted by Crippen LogP contribution is 2.63. The number of carbonyl (C=O) groups excluding carboxylic acids is 1. The van der Waals surface area contributed by atoms with Gasteiger partial charge in [-0.2, -0.15) is 0 Å². The number of rotatable bonds is 4. The fourth-order valence-electron chi connectivity index (χ4n) is 5.61. The summed E-state index contributed by atoms with van der Waals surface area (Å²) < 4.78 is 0. The monoisotopic (exact) mass is 354 g/mol. The summed E-state index contributed by atoms with van der Waals surface area (Å²) in [5, 5.41) is 44.0. The maximum atomic E-state index is 13.2. The van der Waals surface area contributed by atoms with Crippen LogP contribution in [0.5, 0.6) is 0 Å². The largest absolute Gasteiger partial charge is 0.392 e. The number of allylic oxidation sites excluding steroid dienone is 1. The molecule has 25 heavy (non-hydrogen) atoms. The van der Waals surface area contributed by atoms with E-state index in [9.17, 15) is 25.2 Å². The Kier molecular flexibility index (Phi) is 5.30. The molecule has 8 atom stereocenters. The van der Waals surface area contributed by atoms with Crippen molar-refractivity contribution in [1.82, 2.24) is 0 Å². The van der Waals surface area contributed by atoms with Gasteiger partial charge in [-0.3, -0.25) is 4.79 Å². The Balaban J connectivity index is 2.63. The molecule has 4 N–H and O–H groups in total. The summed E-state index contributed by atoms with van der Waals surface area (Å²) in [7, 11) is 0. The van der Waals surface area contributed by atoms with E-state index in [4.69, 9.17) is 0 Å². The molecule has 2 aliphatic carbocycles. The molecule has 0 heterocycles. The standard InChI is InChI=1S/C20H34O5/c1-7-11(2)10-14(22)20(25)12(3)15(23)16(24)17-18(4,5)9-8-13(21)19(17,20)6/h7,11-13,15-17,21,23-25H,1,8-10H2,2-6H3/t11-,12+,13-,15+,16+,17+,19+,20-/m1/s1. The van der Waals surface area contributed by atoms with Crippen molar-refractivity contribution in [3.63, 3.8) is 0 Å². The summed E-state index contributed by atoms with van der Waals surface area (Å²) in [5.74, 6) is -1.99. The molecular formula is C20H34O5. The number of hydrogen-bond acceptors (Lipinski definition) is 5. The zero-order valence-corrected chi connectivity index (χ0v) is 16.1. The van der Waals surface area contributed by atoms with Gasteiger partial charge in [-0.05, 0) is 24.2 Å². The zero-order chi connectivity index (χ0) is 19.4. The molecule has 5 heteroatoms. The van der Waals surface area contributed by atoms with Gasteiger partial charge in [0.15, 0.2) is 5.78 Å². The molecular weight excluding hydrogens is 320 g/mol. The summed E-state index contributed by atoms with van der Waals surface area (Å²) in [6, 6.07) is 0. The van der Waals surface area contributed by atoms with Crippen molar-refractivity contribution in [2.75, 3.05) is 0 Å². The summed E-state index contributed by atoms with van der Waals surface area (Å²) in [4.78, 5) is 13.2. The number of carbonyl (C=O) groups is 1. The van der Waals surface area contributed by atoms with Crippen LogP contribution in [0.15, 0.2) is 12.7 Å². The molecule has 0 aromatic rings. The van der Waals surface area contributed by atoms with Crippen molar-refractivity contribution in [2.45, 2.75) is 77.8 Å². The van der Waals surface area contributed by atoms with Gasteiger partial charge in [0.2, 0.25) is 0 Å². The third-order valence-electron chi connectivity index (χ3n) is 7.26. The van der Waals surface area contributed by atoms with Gasteiger partial charge in [0, 0.05) is 23.7 Å². The van der Waals surface area contributed by atoms with E-state index in [0.29, 0.717) is 12.8 Å². The Morgan fingerprint density at radius 3 is 2.32 bits per heavy atom. The van der Waals surface area contributed by atoms with Gasteiger partial charge in [-0.25, -0.2) is 0 Å². The maximum absolute atomic E-state index is 13.2. The Morgan fingerprint density at radius 1 is 1.24 bits per heavy atom. The number of aliphatic hydroxyl groups excluding tert-OH is 3. The Hall–Kier alpha value is -0.750. The first kappa shape index (κ1) is 20.6. The summed E-state index contributed by atoms with van der Waals surface area (Å²) in [6.45, 7) is 12.7. The zero-order valence-electron chi connectivity index (χ0n) is 16.1. The molecule has 0 spiro atoms. The van der Waals surface area contributed by atoms with Crippen LogP contribution in [0.25, 0.3) is 0 Å². The topological polar surface area (TPSA) is 98.0 Å². The summed E-state index contributed by atoms with van der Waals surface area (Å²) in [5.41, 5.74) is -3.57. The summed E-state index contributed by atoms with van der Waals surface area (Å²) >= 11 is 0. The molecule has 0 amide bonds. The van der Waals surface area contributed by atoms with Crippen molar-refractivity contribution >= 4 is 5.78 Å². The smallest absolute Gasteiger partial charge is 0.165 e. The molecule has 0 aliphatic heterocycles. The Bertz CT molecular complexity index is 544. The Morgan fingerprint density at radius 2 is 1.80 bits per heavy atom. The number of aliphatic hydroxyl groups is 4. The van der Waals surface area contributed by atoms with Crippen LogP contribution in [-0.2, 0) is 4.79 Å². The van der Waals surface area contributed by atoms with Gasteiger partial charge in [0.1, 0.15) is 5.60 Å². The minimum Gasteiger partial charge on any atom is -0.392 e. The van der Waals surface area contributed by atoms with E-state index in [1.807, 2.05) is 20.8 Å². The lowest BCUT2D eigenvalue weighted by atomic mass is 9.41. The van der Waals surface area contributed by atoms with E-state index in [2.05, 4.69) is 6.58 Å². The van der Waals surface area contributed by atoms with Gasteiger partial charge in [-0.15, -0.1) is 6.58 Å². The summed E-state index contributed by atoms with van der Waals surface area (Å²) in [6.07, 6.45) is -0.417. The maximum Gasteiger partial charge on any atom is 0.165 e. The Labute approximate surface area is 150 Å². The SMILES string of the molecule is C=C[C@@H](C)CC(=O)[C@]1(O)[C@@H](C)[C@H](O)[C@H](O)[C@H]2C(C)(C)CC[C@@H](O)[C@@]21C. The van der Waals surface area contributed by atoms with E-state index in [1.54, 1.807) is 19.9 Å². The predicted molar refractivity (Wildman–Crippen MR) is 95.7 cm³/mol. The number of Topliss-reactive ketones (excluding diaryl/α,β-unsaturated/α-hetero) is 1. The molecule has 2 rings (SSSR count). The van der Waals surface area contributed by atoms with Crippen LogP contribution in [0.4, 0.5) is 0 Å². The third-order valence-corrected chi connectivity index (χ3v) is 7.26. The van der Waals surface area contributed by atoms with Gasteiger partial charge >= 0.3 is 0 Å².